The number of furan rings is 2. The van der Waals surface area contributed by atoms with Gasteiger partial charge in [0.25, 0.3) is 5.91 Å². The van der Waals surface area contributed by atoms with Crippen LogP contribution in [0.25, 0.3) is 11.0 Å². The Balaban J connectivity index is 1.54. The monoisotopic (exact) mass is 313 g/mol. The van der Waals surface area contributed by atoms with E-state index in [-0.39, 0.29) is 18.0 Å². The van der Waals surface area contributed by atoms with Crippen molar-refractivity contribution in [2.45, 2.75) is 25.9 Å². The van der Waals surface area contributed by atoms with Crippen LogP contribution in [0, 0.1) is 0 Å². The number of rotatable bonds is 6. The maximum Gasteiger partial charge on any atom is 0.275 e. The fourth-order valence-electron chi connectivity index (χ4n) is 2.54. The highest BCUT2D eigenvalue weighted by Gasteiger charge is 2.17. The lowest BCUT2D eigenvalue weighted by Crippen LogP contribution is -2.87. The van der Waals surface area contributed by atoms with Crippen molar-refractivity contribution in [3.8, 4) is 0 Å². The molecular formula is C18H21N2O3+. The molecule has 2 aromatic heterocycles. The van der Waals surface area contributed by atoms with Crippen LogP contribution in [0.5, 0.6) is 0 Å². The Hall–Kier alpha value is -2.53. The summed E-state index contributed by atoms with van der Waals surface area (Å²) in [4.78, 5) is 12.1. The molecule has 2 heterocycles. The van der Waals surface area contributed by atoms with E-state index in [2.05, 4.69) is 5.32 Å². The number of amides is 1. The summed E-state index contributed by atoms with van der Waals surface area (Å²) in [7, 11) is 0. The van der Waals surface area contributed by atoms with E-state index in [1.807, 2.05) is 61.6 Å². The Bertz CT molecular complexity index is 744. The first-order valence-electron chi connectivity index (χ1n) is 7.78. The molecule has 3 rings (SSSR count). The van der Waals surface area contributed by atoms with Crippen molar-refractivity contribution in [3.05, 3.63) is 60.2 Å². The topological polar surface area (TPSA) is 72.0 Å². The first-order chi connectivity index (χ1) is 11.1. The Labute approximate surface area is 134 Å². The molecule has 0 aliphatic carbocycles. The summed E-state index contributed by atoms with van der Waals surface area (Å²) in [5.74, 6) is 1.60. The van der Waals surface area contributed by atoms with Gasteiger partial charge in [-0.25, -0.2) is 0 Å². The van der Waals surface area contributed by atoms with E-state index in [0.717, 1.165) is 22.5 Å². The van der Waals surface area contributed by atoms with Crippen LogP contribution in [-0.4, -0.2) is 12.5 Å². The third-order valence-corrected chi connectivity index (χ3v) is 3.90. The van der Waals surface area contributed by atoms with Crippen LogP contribution in [-0.2, 0) is 4.79 Å². The Morgan fingerprint density at radius 2 is 2.00 bits per heavy atom. The molecule has 3 N–H and O–H groups in total. The average molecular weight is 313 g/mol. The van der Waals surface area contributed by atoms with Gasteiger partial charge in [0.05, 0.1) is 12.3 Å². The fourth-order valence-corrected chi connectivity index (χ4v) is 2.54. The summed E-state index contributed by atoms with van der Waals surface area (Å²) in [6.45, 7) is 4.27. The number of para-hydroxylation sites is 1. The molecule has 1 aromatic carbocycles. The minimum Gasteiger partial charge on any atom is -0.463 e. The molecule has 0 bridgehead atoms. The van der Waals surface area contributed by atoms with Crippen LogP contribution in [0.4, 0.5) is 0 Å². The van der Waals surface area contributed by atoms with Gasteiger partial charge in [-0.15, -0.1) is 0 Å². The van der Waals surface area contributed by atoms with Crippen LogP contribution in [0.3, 0.4) is 0 Å². The highest BCUT2D eigenvalue weighted by atomic mass is 16.3. The first-order valence-corrected chi connectivity index (χ1v) is 7.78. The number of carbonyl (C=O) groups is 1. The van der Waals surface area contributed by atoms with E-state index < -0.39 is 0 Å². The van der Waals surface area contributed by atoms with Crippen molar-refractivity contribution in [2.75, 3.05) is 6.54 Å². The van der Waals surface area contributed by atoms with Crippen molar-refractivity contribution < 1.29 is 18.9 Å². The standard InChI is InChI=1S/C18H20N2O3/c1-12(15-8-5-9-22-15)19-11-18(21)20-13(2)17-10-14-6-3-4-7-16(14)23-17/h3-10,12-13,19H,11H2,1-2H3,(H,20,21)/p+1/t12-,13-/m1/s1. The molecule has 0 spiro atoms. The van der Waals surface area contributed by atoms with E-state index in [4.69, 9.17) is 8.83 Å². The van der Waals surface area contributed by atoms with Crippen molar-refractivity contribution in [2.24, 2.45) is 0 Å². The van der Waals surface area contributed by atoms with E-state index in [1.54, 1.807) is 6.26 Å². The van der Waals surface area contributed by atoms with E-state index in [9.17, 15) is 4.79 Å². The SMILES string of the molecule is C[C@@H](NC(=O)C[NH2+][C@H](C)c1ccco1)c1cc2ccccc2o1. The minimum atomic E-state index is -0.165. The predicted molar refractivity (Wildman–Crippen MR) is 86.7 cm³/mol. The van der Waals surface area contributed by atoms with Crippen LogP contribution in [0.2, 0.25) is 0 Å². The lowest BCUT2D eigenvalue weighted by Gasteiger charge is -2.12. The third-order valence-electron chi connectivity index (χ3n) is 3.90. The quantitative estimate of drug-likeness (QED) is 0.734. The summed E-state index contributed by atoms with van der Waals surface area (Å²) >= 11 is 0. The average Bonchev–Trinajstić information content (AvgIpc) is 3.21. The zero-order valence-corrected chi connectivity index (χ0v) is 13.3. The number of carbonyl (C=O) groups excluding carboxylic acids is 1. The van der Waals surface area contributed by atoms with E-state index in [0.29, 0.717) is 6.54 Å². The van der Waals surface area contributed by atoms with Crippen molar-refractivity contribution >= 4 is 16.9 Å². The molecular weight excluding hydrogens is 292 g/mol. The molecule has 5 heteroatoms. The van der Waals surface area contributed by atoms with Crippen molar-refractivity contribution in [1.29, 1.82) is 0 Å². The van der Waals surface area contributed by atoms with Gasteiger partial charge in [0.15, 0.2) is 12.3 Å². The molecule has 1 amide bonds. The summed E-state index contributed by atoms with van der Waals surface area (Å²) in [6, 6.07) is 13.5. The zero-order chi connectivity index (χ0) is 16.2. The summed E-state index contributed by atoms with van der Waals surface area (Å²) < 4.78 is 11.1. The molecule has 23 heavy (non-hydrogen) atoms. The van der Waals surface area contributed by atoms with Gasteiger partial charge in [-0.05, 0) is 38.1 Å². The Morgan fingerprint density at radius 3 is 2.74 bits per heavy atom. The number of benzene rings is 1. The van der Waals surface area contributed by atoms with E-state index in [1.165, 1.54) is 0 Å². The molecule has 0 fully saturated rings. The molecule has 0 saturated heterocycles. The molecule has 120 valence electrons. The third kappa shape index (κ3) is 3.63. The van der Waals surface area contributed by atoms with Gasteiger partial charge in [-0.1, -0.05) is 18.2 Å². The Morgan fingerprint density at radius 1 is 1.17 bits per heavy atom. The maximum absolute atomic E-state index is 12.1. The predicted octanol–water partition coefficient (Wildman–Crippen LogP) is 2.53. The first kappa shape index (κ1) is 15.4. The van der Waals surface area contributed by atoms with Gasteiger partial charge in [0.2, 0.25) is 0 Å². The van der Waals surface area contributed by atoms with Gasteiger partial charge < -0.3 is 19.5 Å². The molecule has 2 atom stereocenters. The molecule has 5 nitrogen and oxygen atoms in total. The normalized spacial score (nSPS) is 13.8. The zero-order valence-electron chi connectivity index (χ0n) is 13.3. The summed E-state index contributed by atoms with van der Waals surface area (Å²) in [6.07, 6.45) is 1.64. The lowest BCUT2D eigenvalue weighted by molar-refractivity contribution is -0.684. The minimum absolute atomic E-state index is 0.0311. The summed E-state index contributed by atoms with van der Waals surface area (Å²) in [5, 5.41) is 5.95. The number of hydrogen-bond acceptors (Lipinski definition) is 3. The number of fused-ring (bicyclic) bond motifs is 1. The van der Waals surface area contributed by atoms with Crippen LogP contribution in [0.15, 0.2) is 57.6 Å². The molecule has 0 radical (unpaired) electrons. The second kappa shape index (κ2) is 6.71. The number of hydrogen-bond donors (Lipinski definition) is 2. The smallest absolute Gasteiger partial charge is 0.275 e. The lowest BCUT2D eigenvalue weighted by atomic mass is 10.2. The fraction of sp³-hybridized carbons (Fsp3) is 0.278. The molecule has 0 aliphatic rings. The number of nitrogens with two attached hydrogens (primary N) is 1. The molecule has 0 aliphatic heterocycles. The second-order valence-corrected chi connectivity index (χ2v) is 5.72. The molecule has 3 aromatic rings. The van der Waals surface area contributed by atoms with Crippen molar-refractivity contribution in [3.63, 3.8) is 0 Å². The van der Waals surface area contributed by atoms with Crippen LogP contribution >= 0.6 is 0 Å². The van der Waals surface area contributed by atoms with Gasteiger partial charge in [0, 0.05) is 5.39 Å². The van der Waals surface area contributed by atoms with E-state index >= 15 is 0 Å². The van der Waals surface area contributed by atoms with Crippen LogP contribution in [0.1, 0.15) is 37.5 Å². The number of nitrogens with one attached hydrogen (secondary N) is 1. The highest BCUT2D eigenvalue weighted by molar-refractivity contribution is 5.79. The highest BCUT2D eigenvalue weighted by Crippen LogP contribution is 2.23. The second-order valence-electron chi connectivity index (χ2n) is 5.72. The van der Waals surface area contributed by atoms with Crippen LogP contribution < -0.4 is 10.6 Å². The molecule has 0 unspecified atom stereocenters. The summed E-state index contributed by atoms with van der Waals surface area (Å²) in [5.41, 5.74) is 0.835. The van der Waals surface area contributed by atoms with Crippen molar-refractivity contribution in [1.82, 2.24) is 5.32 Å². The largest absolute Gasteiger partial charge is 0.463 e. The molecule has 0 saturated carbocycles. The number of quaternary nitrogens is 1. The van der Waals surface area contributed by atoms with Gasteiger partial charge in [0.1, 0.15) is 17.4 Å². The van der Waals surface area contributed by atoms with Gasteiger partial charge >= 0.3 is 0 Å². The van der Waals surface area contributed by atoms with Gasteiger partial charge in [-0.2, -0.15) is 0 Å². The Kier molecular flexibility index (Phi) is 4.48. The maximum atomic E-state index is 12.1. The van der Waals surface area contributed by atoms with Gasteiger partial charge in [-0.3, -0.25) is 4.79 Å².